The number of ether oxygens (including phenoxy) is 2. The Morgan fingerprint density at radius 3 is 1.89 bits per heavy atom. The van der Waals surface area contributed by atoms with E-state index >= 15 is 0 Å². The van der Waals surface area contributed by atoms with Crippen molar-refractivity contribution in [3.8, 4) is 0 Å². The van der Waals surface area contributed by atoms with E-state index in [1.54, 1.807) is 0 Å². The van der Waals surface area contributed by atoms with Gasteiger partial charge in [-0.05, 0) is 11.1 Å². The summed E-state index contributed by atoms with van der Waals surface area (Å²) in [5.41, 5.74) is 1.97. The highest BCUT2D eigenvalue weighted by Gasteiger charge is 2.33. The highest BCUT2D eigenvalue weighted by molar-refractivity contribution is 5.71. The minimum absolute atomic E-state index is 0.00287. The fourth-order valence-corrected chi connectivity index (χ4v) is 2.28. The molecule has 1 fully saturated rings. The molecule has 3 heteroatoms. The molecule has 96 valence electrons. The van der Waals surface area contributed by atoms with Gasteiger partial charge < -0.3 is 9.47 Å². The predicted octanol–water partition coefficient (Wildman–Crippen LogP) is 3.04. The van der Waals surface area contributed by atoms with Crippen molar-refractivity contribution in [3.05, 3.63) is 71.8 Å². The molecule has 1 saturated heterocycles. The van der Waals surface area contributed by atoms with E-state index in [2.05, 4.69) is 0 Å². The molecule has 2 aromatic rings. The molecular formula is C16H14O3. The van der Waals surface area contributed by atoms with Crippen LogP contribution in [-0.2, 0) is 14.3 Å². The van der Waals surface area contributed by atoms with Gasteiger partial charge in [-0.25, -0.2) is 4.79 Å². The highest BCUT2D eigenvalue weighted by atomic mass is 16.6. The average molecular weight is 254 g/mol. The molecule has 2 aromatic carbocycles. The highest BCUT2D eigenvalue weighted by Crippen LogP contribution is 2.37. The molecule has 19 heavy (non-hydrogen) atoms. The Kier molecular flexibility index (Phi) is 3.29. The number of esters is 1. The normalized spacial score (nSPS) is 22.8. The quantitative estimate of drug-likeness (QED) is 0.773. The molecule has 0 radical (unpaired) electrons. The second kappa shape index (κ2) is 5.24. The van der Waals surface area contributed by atoms with E-state index in [4.69, 9.17) is 9.47 Å². The molecule has 0 amide bonds. The molecule has 2 atom stereocenters. The van der Waals surface area contributed by atoms with Gasteiger partial charge in [-0.15, -0.1) is 0 Å². The lowest BCUT2D eigenvalue weighted by molar-refractivity contribution is -0.185. The number of rotatable bonds is 2. The van der Waals surface area contributed by atoms with Gasteiger partial charge in [-0.2, -0.15) is 0 Å². The molecule has 3 nitrogen and oxygen atoms in total. The summed E-state index contributed by atoms with van der Waals surface area (Å²) < 4.78 is 11.1. The van der Waals surface area contributed by atoms with Gasteiger partial charge in [0, 0.05) is 0 Å². The Bertz CT molecular complexity index is 551. The standard InChI is InChI=1S/C16H14O3/c17-14-11-18-15(12-7-3-1-4-8-12)16(19-14)13-9-5-2-6-10-13/h1-10,15-16H,11H2/t15-,16-/m0/s1. The van der Waals surface area contributed by atoms with Crippen LogP contribution >= 0.6 is 0 Å². The van der Waals surface area contributed by atoms with E-state index in [0.29, 0.717) is 0 Å². The topological polar surface area (TPSA) is 35.5 Å². The van der Waals surface area contributed by atoms with Gasteiger partial charge in [-0.1, -0.05) is 60.7 Å². The molecule has 0 N–H and O–H groups in total. The van der Waals surface area contributed by atoms with E-state index in [1.165, 1.54) is 0 Å². The number of benzene rings is 2. The van der Waals surface area contributed by atoms with Gasteiger partial charge >= 0.3 is 5.97 Å². The number of carbonyl (C=O) groups is 1. The fraction of sp³-hybridized carbons (Fsp3) is 0.188. The van der Waals surface area contributed by atoms with Crippen LogP contribution in [0.1, 0.15) is 23.3 Å². The van der Waals surface area contributed by atoms with Gasteiger partial charge in [0.1, 0.15) is 12.7 Å². The van der Waals surface area contributed by atoms with Crippen LogP contribution in [0.4, 0.5) is 0 Å². The number of cyclic esters (lactones) is 1. The van der Waals surface area contributed by atoms with E-state index in [-0.39, 0.29) is 24.8 Å². The Labute approximate surface area is 111 Å². The SMILES string of the molecule is O=C1CO[C@@H](c2ccccc2)[C@H](c2ccccc2)O1. The van der Waals surface area contributed by atoms with Crippen LogP contribution < -0.4 is 0 Å². The van der Waals surface area contributed by atoms with Crippen molar-refractivity contribution in [1.82, 2.24) is 0 Å². The Hall–Kier alpha value is -2.13. The third kappa shape index (κ3) is 2.51. The molecule has 0 saturated carbocycles. The Morgan fingerprint density at radius 2 is 1.32 bits per heavy atom. The van der Waals surface area contributed by atoms with Crippen LogP contribution in [0.15, 0.2) is 60.7 Å². The van der Waals surface area contributed by atoms with Crippen LogP contribution in [-0.4, -0.2) is 12.6 Å². The summed E-state index contributed by atoms with van der Waals surface area (Å²) in [5, 5.41) is 0. The minimum atomic E-state index is -0.384. The lowest BCUT2D eigenvalue weighted by Gasteiger charge is -2.31. The van der Waals surface area contributed by atoms with E-state index in [1.807, 2.05) is 60.7 Å². The summed E-state index contributed by atoms with van der Waals surface area (Å²) in [7, 11) is 0. The van der Waals surface area contributed by atoms with Crippen molar-refractivity contribution in [2.75, 3.05) is 6.61 Å². The second-order valence-electron chi connectivity index (χ2n) is 4.46. The van der Waals surface area contributed by atoms with Crippen molar-refractivity contribution in [2.24, 2.45) is 0 Å². The predicted molar refractivity (Wildman–Crippen MR) is 70.4 cm³/mol. The summed E-state index contributed by atoms with van der Waals surface area (Å²) in [6.45, 7) is 0.00287. The first-order valence-electron chi connectivity index (χ1n) is 6.25. The molecule has 0 unspecified atom stereocenters. The molecule has 3 rings (SSSR count). The van der Waals surface area contributed by atoms with Crippen LogP contribution in [0, 0.1) is 0 Å². The summed E-state index contributed by atoms with van der Waals surface area (Å²) in [4.78, 5) is 11.5. The molecular weight excluding hydrogens is 240 g/mol. The fourth-order valence-electron chi connectivity index (χ4n) is 2.28. The minimum Gasteiger partial charge on any atom is -0.453 e. The zero-order chi connectivity index (χ0) is 13.1. The lowest BCUT2D eigenvalue weighted by Crippen LogP contribution is -2.30. The van der Waals surface area contributed by atoms with Crippen molar-refractivity contribution in [2.45, 2.75) is 12.2 Å². The molecule has 0 bridgehead atoms. The second-order valence-corrected chi connectivity index (χ2v) is 4.46. The number of hydrogen-bond acceptors (Lipinski definition) is 3. The van der Waals surface area contributed by atoms with E-state index in [9.17, 15) is 4.79 Å². The van der Waals surface area contributed by atoms with E-state index in [0.717, 1.165) is 11.1 Å². The smallest absolute Gasteiger partial charge is 0.332 e. The first-order chi connectivity index (χ1) is 9.34. The van der Waals surface area contributed by atoms with Crippen LogP contribution in [0.2, 0.25) is 0 Å². The maximum Gasteiger partial charge on any atom is 0.332 e. The monoisotopic (exact) mass is 254 g/mol. The first kappa shape index (κ1) is 11.9. The zero-order valence-electron chi connectivity index (χ0n) is 10.4. The zero-order valence-corrected chi connectivity index (χ0v) is 10.4. The Balaban J connectivity index is 1.95. The van der Waals surface area contributed by atoms with Crippen LogP contribution in [0.3, 0.4) is 0 Å². The molecule has 1 aliphatic rings. The van der Waals surface area contributed by atoms with E-state index < -0.39 is 0 Å². The summed E-state index contributed by atoms with van der Waals surface area (Å²) in [6, 6.07) is 19.5. The van der Waals surface area contributed by atoms with Gasteiger partial charge in [0.25, 0.3) is 0 Å². The van der Waals surface area contributed by atoms with Crippen molar-refractivity contribution in [3.63, 3.8) is 0 Å². The Morgan fingerprint density at radius 1 is 0.789 bits per heavy atom. The first-order valence-corrected chi connectivity index (χ1v) is 6.25. The largest absolute Gasteiger partial charge is 0.453 e. The molecule has 1 aliphatic heterocycles. The number of carbonyl (C=O) groups excluding carboxylic acids is 1. The molecule has 0 spiro atoms. The van der Waals surface area contributed by atoms with Gasteiger partial charge in [0.2, 0.25) is 0 Å². The lowest BCUT2D eigenvalue weighted by atomic mass is 9.97. The average Bonchev–Trinajstić information content (AvgIpc) is 2.49. The van der Waals surface area contributed by atoms with Gasteiger partial charge in [0.05, 0.1) is 0 Å². The third-order valence-electron chi connectivity index (χ3n) is 3.17. The maximum atomic E-state index is 11.5. The molecule has 0 aromatic heterocycles. The maximum absolute atomic E-state index is 11.5. The molecule has 0 aliphatic carbocycles. The van der Waals surface area contributed by atoms with Crippen LogP contribution in [0.25, 0.3) is 0 Å². The van der Waals surface area contributed by atoms with Crippen molar-refractivity contribution >= 4 is 5.97 Å². The van der Waals surface area contributed by atoms with Gasteiger partial charge in [-0.3, -0.25) is 0 Å². The van der Waals surface area contributed by atoms with Crippen molar-refractivity contribution < 1.29 is 14.3 Å². The number of hydrogen-bond donors (Lipinski definition) is 0. The third-order valence-corrected chi connectivity index (χ3v) is 3.17. The van der Waals surface area contributed by atoms with Gasteiger partial charge in [0.15, 0.2) is 6.10 Å². The molecule has 1 heterocycles. The summed E-state index contributed by atoms with van der Waals surface area (Å²) >= 11 is 0. The van der Waals surface area contributed by atoms with Crippen LogP contribution in [0.5, 0.6) is 0 Å². The summed E-state index contributed by atoms with van der Waals surface area (Å²) in [5.74, 6) is -0.318. The van der Waals surface area contributed by atoms with Crippen molar-refractivity contribution in [1.29, 1.82) is 0 Å². The summed E-state index contributed by atoms with van der Waals surface area (Å²) in [6.07, 6.45) is -0.633.